The minimum Gasteiger partial charge on any atom is -0.321 e. The number of pyridine rings is 1. The molecule has 2 aromatic rings. The molecule has 1 amide bonds. The van der Waals surface area contributed by atoms with Crippen LogP contribution in [0.5, 0.6) is 0 Å². The minimum absolute atomic E-state index is 0.359. The summed E-state index contributed by atoms with van der Waals surface area (Å²) in [6.07, 6.45) is 1.46. The molecule has 98 valence electrons. The van der Waals surface area contributed by atoms with E-state index in [1.54, 1.807) is 12.1 Å². The SMILES string of the molecule is NNc1cc(C(=O)Nc2cccc(F)c2I)ccn1. The summed E-state index contributed by atoms with van der Waals surface area (Å²) in [4.78, 5) is 15.9. The highest BCUT2D eigenvalue weighted by Crippen LogP contribution is 2.21. The highest BCUT2D eigenvalue weighted by molar-refractivity contribution is 14.1. The van der Waals surface area contributed by atoms with E-state index in [1.165, 1.54) is 24.4 Å². The molecule has 0 spiro atoms. The smallest absolute Gasteiger partial charge is 0.255 e. The van der Waals surface area contributed by atoms with Gasteiger partial charge in [-0.1, -0.05) is 6.07 Å². The third kappa shape index (κ3) is 3.18. The van der Waals surface area contributed by atoms with E-state index < -0.39 is 0 Å². The lowest BCUT2D eigenvalue weighted by Crippen LogP contribution is -2.15. The van der Waals surface area contributed by atoms with Gasteiger partial charge in [-0.05, 0) is 46.9 Å². The third-order valence-electron chi connectivity index (χ3n) is 2.37. The van der Waals surface area contributed by atoms with Crippen LogP contribution in [0.2, 0.25) is 0 Å². The molecule has 0 aliphatic carbocycles. The van der Waals surface area contributed by atoms with Crippen LogP contribution in [0.25, 0.3) is 0 Å². The second-order valence-corrected chi connectivity index (χ2v) is 4.71. The largest absolute Gasteiger partial charge is 0.321 e. The van der Waals surface area contributed by atoms with Crippen LogP contribution in [-0.2, 0) is 0 Å². The maximum atomic E-state index is 13.4. The molecule has 0 fully saturated rings. The molecule has 1 heterocycles. The van der Waals surface area contributed by atoms with Crippen molar-refractivity contribution in [3.63, 3.8) is 0 Å². The van der Waals surface area contributed by atoms with Crippen LogP contribution < -0.4 is 16.6 Å². The number of hydrazine groups is 1. The normalized spacial score (nSPS) is 10.1. The molecule has 0 radical (unpaired) electrons. The van der Waals surface area contributed by atoms with Gasteiger partial charge >= 0.3 is 0 Å². The Kier molecular flexibility index (Phi) is 4.27. The van der Waals surface area contributed by atoms with Crippen LogP contribution in [0.4, 0.5) is 15.9 Å². The van der Waals surface area contributed by atoms with Crippen LogP contribution in [0.1, 0.15) is 10.4 Å². The topological polar surface area (TPSA) is 80.0 Å². The van der Waals surface area contributed by atoms with Gasteiger partial charge in [0.25, 0.3) is 5.91 Å². The molecule has 0 saturated carbocycles. The van der Waals surface area contributed by atoms with Gasteiger partial charge in [0.2, 0.25) is 0 Å². The lowest BCUT2D eigenvalue weighted by molar-refractivity contribution is 0.102. The Morgan fingerprint density at radius 2 is 2.16 bits per heavy atom. The number of carbonyl (C=O) groups excluding carboxylic acids is 1. The van der Waals surface area contributed by atoms with Crippen molar-refractivity contribution in [1.82, 2.24) is 4.98 Å². The van der Waals surface area contributed by atoms with Crippen LogP contribution in [-0.4, -0.2) is 10.9 Å². The predicted octanol–water partition coefficient (Wildman–Crippen LogP) is 2.36. The van der Waals surface area contributed by atoms with Gasteiger partial charge in [0.15, 0.2) is 0 Å². The summed E-state index contributed by atoms with van der Waals surface area (Å²) < 4.78 is 13.7. The first-order chi connectivity index (χ1) is 9.11. The zero-order valence-electron chi connectivity index (χ0n) is 9.65. The monoisotopic (exact) mass is 372 g/mol. The Balaban J connectivity index is 2.23. The molecular weight excluding hydrogens is 362 g/mol. The van der Waals surface area contributed by atoms with Crippen molar-refractivity contribution < 1.29 is 9.18 Å². The second-order valence-electron chi connectivity index (χ2n) is 3.63. The van der Waals surface area contributed by atoms with Gasteiger partial charge in [-0.3, -0.25) is 4.79 Å². The highest BCUT2D eigenvalue weighted by Gasteiger charge is 2.11. The summed E-state index contributed by atoms with van der Waals surface area (Å²) in [5, 5.41) is 2.64. The van der Waals surface area contributed by atoms with Crippen molar-refractivity contribution in [3.8, 4) is 0 Å². The number of amides is 1. The van der Waals surface area contributed by atoms with Gasteiger partial charge in [-0.25, -0.2) is 15.2 Å². The predicted molar refractivity (Wildman–Crippen MR) is 79.1 cm³/mol. The first-order valence-corrected chi connectivity index (χ1v) is 6.37. The van der Waals surface area contributed by atoms with Crippen LogP contribution in [0.3, 0.4) is 0 Å². The molecule has 0 aliphatic rings. The number of aromatic nitrogens is 1. The zero-order valence-corrected chi connectivity index (χ0v) is 11.8. The molecule has 4 N–H and O–H groups in total. The number of nitrogens with two attached hydrogens (primary N) is 1. The van der Waals surface area contributed by atoms with Crippen molar-refractivity contribution in [2.75, 3.05) is 10.7 Å². The molecule has 7 heteroatoms. The highest BCUT2D eigenvalue weighted by atomic mass is 127. The number of anilines is 2. The molecule has 0 aliphatic heterocycles. The van der Waals surface area contributed by atoms with Crippen molar-refractivity contribution >= 4 is 40.0 Å². The number of hydrogen-bond acceptors (Lipinski definition) is 4. The average Bonchev–Trinajstić information content (AvgIpc) is 2.44. The number of benzene rings is 1. The van der Waals surface area contributed by atoms with Crippen molar-refractivity contribution in [1.29, 1.82) is 0 Å². The molecule has 1 aromatic heterocycles. The number of nitrogens with one attached hydrogen (secondary N) is 2. The number of nitrogen functional groups attached to an aromatic ring is 1. The summed E-state index contributed by atoms with van der Waals surface area (Å²) in [6, 6.07) is 7.54. The lowest BCUT2D eigenvalue weighted by atomic mass is 10.2. The Morgan fingerprint density at radius 3 is 2.89 bits per heavy atom. The Hall–Kier alpha value is -1.74. The molecule has 0 atom stereocenters. The van der Waals surface area contributed by atoms with Crippen molar-refractivity contribution in [2.24, 2.45) is 5.84 Å². The number of nitrogens with zero attached hydrogens (tertiary/aromatic N) is 1. The summed E-state index contributed by atoms with van der Waals surface area (Å²) in [7, 11) is 0. The molecule has 19 heavy (non-hydrogen) atoms. The molecule has 1 aromatic carbocycles. The number of rotatable bonds is 3. The average molecular weight is 372 g/mol. The van der Waals surface area contributed by atoms with Crippen molar-refractivity contribution in [2.45, 2.75) is 0 Å². The molecule has 5 nitrogen and oxygen atoms in total. The number of halogens is 2. The van der Waals surface area contributed by atoms with E-state index in [1.807, 2.05) is 22.6 Å². The molecular formula is C12H10FIN4O. The van der Waals surface area contributed by atoms with Crippen LogP contribution >= 0.6 is 22.6 Å². The van der Waals surface area contributed by atoms with E-state index >= 15 is 0 Å². The Labute approximate surface area is 122 Å². The van der Waals surface area contributed by atoms with E-state index in [0.29, 0.717) is 20.6 Å². The van der Waals surface area contributed by atoms with Crippen molar-refractivity contribution in [3.05, 3.63) is 51.5 Å². The van der Waals surface area contributed by atoms with Gasteiger partial charge in [0, 0.05) is 11.8 Å². The Morgan fingerprint density at radius 1 is 1.37 bits per heavy atom. The fourth-order valence-corrected chi connectivity index (χ4v) is 1.94. The summed E-state index contributed by atoms with van der Waals surface area (Å²) in [5.41, 5.74) is 3.15. The first-order valence-electron chi connectivity index (χ1n) is 5.30. The van der Waals surface area contributed by atoms with Gasteiger partial charge < -0.3 is 10.7 Å². The fourth-order valence-electron chi connectivity index (χ4n) is 1.45. The van der Waals surface area contributed by atoms with E-state index in [0.717, 1.165) is 0 Å². The summed E-state index contributed by atoms with van der Waals surface area (Å²) >= 11 is 1.84. The van der Waals surface area contributed by atoms with E-state index in [-0.39, 0.29) is 11.7 Å². The third-order valence-corrected chi connectivity index (χ3v) is 3.47. The minimum atomic E-state index is -0.377. The Bertz CT molecular complexity index is 620. The van der Waals surface area contributed by atoms with Gasteiger partial charge in [0.05, 0.1) is 9.26 Å². The molecule has 2 rings (SSSR count). The lowest BCUT2D eigenvalue weighted by Gasteiger charge is -2.08. The molecule has 0 saturated heterocycles. The fraction of sp³-hybridized carbons (Fsp3) is 0. The van der Waals surface area contributed by atoms with E-state index in [4.69, 9.17) is 5.84 Å². The van der Waals surface area contributed by atoms with Crippen LogP contribution in [0, 0.1) is 9.39 Å². The number of carbonyl (C=O) groups is 1. The quantitative estimate of drug-likeness (QED) is 0.439. The maximum Gasteiger partial charge on any atom is 0.255 e. The zero-order chi connectivity index (χ0) is 13.8. The van der Waals surface area contributed by atoms with Crippen LogP contribution in [0.15, 0.2) is 36.5 Å². The van der Waals surface area contributed by atoms with E-state index in [2.05, 4.69) is 15.7 Å². The van der Waals surface area contributed by atoms with E-state index in [9.17, 15) is 9.18 Å². The molecule has 0 bridgehead atoms. The molecule has 0 unspecified atom stereocenters. The summed E-state index contributed by atoms with van der Waals surface area (Å²) in [6.45, 7) is 0. The van der Waals surface area contributed by atoms with Gasteiger partial charge in [0.1, 0.15) is 11.6 Å². The summed E-state index contributed by atoms with van der Waals surface area (Å²) in [5.74, 6) is 4.86. The first kappa shape index (κ1) is 13.7. The maximum absolute atomic E-state index is 13.4. The number of hydrogen-bond donors (Lipinski definition) is 3. The standard InChI is InChI=1S/C12H10FIN4O/c13-8-2-1-3-9(11(8)14)17-12(19)7-4-5-16-10(6-7)18-15/h1-6H,15H2,(H,16,18)(H,17,19). The second kappa shape index (κ2) is 5.93. The van der Waals surface area contributed by atoms with Gasteiger partial charge in [-0.2, -0.15) is 0 Å². The van der Waals surface area contributed by atoms with Gasteiger partial charge in [-0.15, -0.1) is 0 Å².